The van der Waals surface area contributed by atoms with Crippen molar-refractivity contribution in [1.82, 2.24) is 4.90 Å². The van der Waals surface area contributed by atoms with Gasteiger partial charge < -0.3 is 0 Å². The van der Waals surface area contributed by atoms with Crippen LogP contribution in [0.5, 0.6) is 0 Å². The van der Waals surface area contributed by atoms with Crippen LogP contribution in [0.4, 0.5) is 4.39 Å². The standard InChI is InChI=1S/C14H19FN2S/c1-11(4-5-18-3)17(2)10-13-6-12(9-16)7-14(15)8-13/h6-8,11H,4-5,10H2,1-3H3. The fraction of sp³-hybridized carbons (Fsp3) is 0.500. The number of nitrogens with zero attached hydrogens (tertiary/aromatic N) is 2. The second-order valence-electron chi connectivity index (χ2n) is 4.51. The Morgan fingerprint density at radius 1 is 1.44 bits per heavy atom. The van der Waals surface area contributed by atoms with Gasteiger partial charge in [-0.2, -0.15) is 17.0 Å². The molecule has 1 unspecified atom stereocenters. The molecular weight excluding hydrogens is 247 g/mol. The first-order chi connectivity index (χ1) is 8.56. The van der Waals surface area contributed by atoms with Gasteiger partial charge in [0.25, 0.3) is 0 Å². The molecule has 0 heterocycles. The van der Waals surface area contributed by atoms with Crippen LogP contribution in [0.2, 0.25) is 0 Å². The van der Waals surface area contributed by atoms with Crippen molar-refractivity contribution >= 4 is 11.8 Å². The third-order valence-electron chi connectivity index (χ3n) is 3.01. The van der Waals surface area contributed by atoms with Crippen molar-refractivity contribution in [2.75, 3.05) is 19.1 Å². The molecule has 0 saturated carbocycles. The third kappa shape index (κ3) is 4.67. The predicted molar refractivity (Wildman–Crippen MR) is 75.0 cm³/mol. The highest BCUT2D eigenvalue weighted by Crippen LogP contribution is 2.13. The quantitative estimate of drug-likeness (QED) is 0.790. The molecule has 0 spiro atoms. The molecule has 1 atom stereocenters. The minimum absolute atomic E-state index is 0.339. The van der Waals surface area contributed by atoms with Crippen LogP contribution in [0.3, 0.4) is 0 Å². The van der Waals surface area contributed by atoms with Crippen molar-refractivity contribution in [1.29, 1.82) is 5.26 Å². The summed E-state index contributed by atoms with van der Waals surface area (Å²) in [6.07, 6.45) is 3.20. The van der Waals surface area contributed by atoms with Crippen LogP contribution in [0, 0.1) is 17.1 Å². The summed E-state index contributed by atoms with van der Waals surface area (Å²) < 4.78 is 13.3. The lowest BCUT2D eigenvalue weighted by molar-refractivity contribution is 0.245. The van der Waals surface area contributed by atoms with E-state index in [9.17, 15) is 4.39 Å². The Balaban J connectivity index is 2.66. The first kappa shape index (κ1) is 15.0. The Labute approximate surface area is 113 Å². The van der Waals surface area contributed by atoms with Crippen LogP contribution in [-0.4, -0.2) is 30.0 Å². The van der Waals surface area contributed by atoms with Crippen molar-refractivity contribution in [3.8, 4) is 6.07 Å². The predicted octanol–water partition coefficient (Wildman–Crippen LogP) is 3.27. The van der Waals surface area contributed by atoms with E-state index in [1.165, 1.54) is 12.1 Å². The van der Waals surface area contributed by atoms with Crippen LogP contribution >= 0.6 is 11.8 Å². The number of benzene rings is 1. The molecule has 0 bridgehead atoms. The van der Waals surface area contributed by atoms with E-state index >= 15 is 0 Å². The van der Waals surface area contributed by atoms with Gasteiger partial charge in [-0.25, -0.2) is 4.39 Å². The van der Waals surface area contributed by atoms with Crippen LogP contribution < -0.4 is 0 Å². The van der Waals surface area contributed by atoms with Crippen molar-refractivity contribution < 1.29 is 4.39 Å². The molecule has 0 aliphatic carbocycles. The molecule has 1 rings (SSSR count). The maximum atomic E-state index is 13.3. The summed E-state index contributed by atoms with van der Waals surface area (Å²) in [6.45, 7) is 2.84. The largest absolute Gasteiger partial charge is 0.299 e. The molecule has 18 heavy (non-hydrogen) atoms. The second-order valence-corrected chi connectivity index (χ2v) is 5.49. The van der Waals surface area contributed by atoms with E-state index in [2.05, 4.69) is 18.1 Å². The van der Waals surface area contributed by atoms with Crippen LogP contribution in [0.15, 0.2) is 18.2 Å². The molecule has 98 valence electrons. The molecule has 0 fully saturated rings. The molecule has 0 saturated heterocycles. The van der Waals surface area contributed by atoms with Crippen molar-refractivity contribution in [2.45, 2.75) is 25.9 Å². The molecule has 2 nitrogen and oxygen atoms in total. The third-order valence-corrected chi connectivity index (χ3v) is 3.65. The lowest BCUT2D eigenvalue weighted by Crippen LogP contribution is -2.29. The zero-order chi connectivity index (χ0) is 13.5. The lowest BCUT2D eigenvalue weighted by atomic mass is 10.1. The van der Waals surface area contributed by atoms with Gasteiger partial charge in [-0.05, 0) is 56.2 Å². The van der Waals surface area contributed by atoms with E-state index in [-0.39, 0.29) is 5.82 Å². The summed E-state index contributed by atoms with van der Waals surface area (Å²) in [4.78, 5) is 2.19. The van der Waals surface area contributed by atoms with Crippen LogP contribution in [-0.2, 0) is 6.54 Å². The van der Waals surface area contributed by atoms with Gasteiger partial charge in [0, 0.05) is 12.6 Å². The van der Waals surface area contributed by atoms with E-state index in [0.717, 1.165) is 17.7 Å². The highest BCUT2D eigenvalue weighted by Gasteiger charge is 2.10. The zero-order valence-electron chi connectivity index (χ0n) is 11.1. The van der Waals surface area contributed by atoms with E-state index in [0.29, 0.717) is 18.2 Å². The van der Waals surface area contributed by atoms with Crippen molar-refractivity contribution in [3.63, 3.8) is 0 Å². The number of rotatable bonds is 6. The molecule has 0 aliphatic rings. The molecule has 0 radical (unpaired) electrons. The topological polar surface area (TPSA) is 27.0 Å². The van der Waals surface area contributed by atoms with Gasteiger partial charge >= 0.3 is 0 Å². The number of hydrogen-bond acceptors (Lipinski definition) is 3. The fourth-order valence-corrected chi connectivity index (χ4v) is 2.34. The highest BCUT2D eigenvalue weighted by molar-refractivity contribution is 7.98. The fourth-order valence-electron chi connectivity index (χ4n) is 1.76. The maximum Gasteiger partial charge on any atom is 0.124 e. The van der Waals surface area contributed by atoms with Gasteiger partial charge in [-0.15, -0.1) is 0 Å². The Kier molecular flexibility index (Phi) is 6.17. The van der Waals surface area contributed by atoms with Gasteiger partial charge in [-0.1, -0.05) is 0 Å². The Morgan fingerprint density at radius 2 is 2.17 bits per heavy atom. The molecule has 1 aromatic carbocycles. The monoisotopic (exact) mass is 266 g/mol. The molecule has 0 aromatic heterocycles. The summed E-state index contributed by atoms with van der Waals surface area (Å²) in [5.41, 5.74) is 1.24. The lowest BCUT2D eigenvalue weighted by Gasteiger charge is -2.24. The van der Waals surface area contributed by atoms with Gasteiger partial charge in [0.05, 0.1) is 11.6 Å². The van der Waals surface area contributed by atoms with E-state index < -0.39 is 0 Å². The molecule has 4 heteroatoms. The Bertz CT molecular complexity index is 428. The number of halogens is 1. The van der Waals surface area contributed by atoms with Crippen molar-refractivity contribution in [2.24, 2.45) is 0 Å². The van der Waals surface area contributed by atoms with E-state index in [1.807, 2.05) is 24.9 Å². The average Bonchev–Trinajstić information content (AvgIpc) is 2.34. The van der Waals surface area contributed by atoms with Crippen molar-refractivity contribution in [3.05, 3.63) is 35.1 Å². The highest BCUT2D eigenvalue weighted by atomic mass is 32.2. The smallest absolute Gasteiger partial charge is 0.124 e. The maximum absolute atomic E-state index is 13.3. The normalized spacial score (nSPS) is 12.4. The molecule has 0 N–H and O–H groups in total. The summed E-state index contributed by atoms with van der Waals surface area (Å²) in [7, 11) is 2.03. The minimum Gasteiger partial charge on any atom is -0.299 e. The summed E-state index contributed by atoms with van der Waals surface area (Å²) in [5.74, 6) is 0.784. The molecule has 1 aromatic rings. The van der Waals surface area contributed by atoms with Crippen LogP contribution in [0.1, 0.15) is 24.5 Å². The first-order valence-electron chi connectivity index (χ1n) is 5.95. The van der Waals surface area contributed by atoms with Gasteiger partial charge in [0.1, 0.15) is 5.82 Å². The summed E-state index contributed by atoms with van der Waals surface area (Å²) in [5, 5.41) is 8.81. The van der Waals surface area contributed by atoms with E-state index in [1.54, 1.807) is 6.07 Å². The Morgan fingerprint density at radius 3 is 2.78 bits per heavy atom. The van der Waals surface area contributed by atoms with Gasteiger partial charge in [-0.3, -0.25) is 4.90 Å². The molecular formula is C14H19FN2S. The summed E-state index contributed by atoms with van der Waals surface area (Å²) >= 11 is 1.83. The molecule has 0 amide bonds. The average molecular weight is 266 g/mol. The first-order valence-corrected chi connectivity index (χ1v) is 7.35. The second kappa shape index (κ2) is 7.40. The van der Waals surface area contributed by atoms with Crippen LogP contribution in [0.25, 0.3) is 0 Å². The minimum atomic E-state index is -0.339. The van der Waals surface area contributed by atoms with Gasteiger partial charge in [0.2, 0.25) is 0 Å². The number of nitriles is 1. The van der Waals surface area contributed by atoms with E-state index in [4.69, 9.17) is 5.26 Å². The zero-order valence-corrected chi connectivity index (χ0v) is 11.9. The number of thioether (sulfide) groups is 1. The van der Waals surface area contributed by atoms with Gasteiger partial charge in [0.15, 0.2) is 0 Å². The molecule has 0 aliphatic heterocycles. The SMILES string of the molecule is CSCCC(C)N(C)Cc1cc(F)cc(C#N)c1. The number of hydrogen-bond donors (Lipinski definition) is 0. The Hall–Kier alpha value is -1.05. The summed E-state index contributed by atoms with van der Waals surface area (Å²) in [6, 6.07) is 6.95.